The van der Waals surface area contributed by atoms with Crippen molar-refractivity contribution in [2.75, 3.05) is 5.01 Å². The molecule has 34 heavy (non-hydrogen) atoms. The van der Waals surface area contributed by atoms with Crippen LogP contribution in [0.1, 0.15) is 20.7 Å². The average molecular weight is 444 g/mol. The highest BCUT2D eigenvalue weighted by Gasteiger charge is 2.31. The Labute approximate surface area is 196 Å². The first-order chi connectivity index (χ1) is 16.7. The van der Waals surface area contributed by atoms with Crippen molar-refractivity contribution in [1.29, 1.82) is 0 Å². The van der Waals surface area contributed by atoms with Gasteiger partial charge >= 0.3 is 0 Å². The SMILES string of the molecule is O=C(c1ccccc1)N(C(=O)c1ccccc1)n1nnc(-c2ccccc2)c1-c1ccccc1. The fraction of sp³-hybridized carbons (Fsp3) is 0. The molecular weight excluding hydrogens is 424 g/mol. The molecule has 1 aromatic heterocycles. The van der Waals surface area contributed by atoms with Gasteiger partial charge in [-0.25, -0.2) is 0 Å². The number of carbonyl (C=O) groups is 2. The molecule has 2 amide bonds. The Morgan fingerprint density at radius 2 is 0.971 bits per heavy atom. The van der Waals surface area contributed by atoms with Crippen molar-refractivity contribution >= 4 is 11.8 Å². The predicted molar refractivity (Wildman–Crippen MR) is 131 cm³/mol. The summed E-state index contributed by atoms with van der Waals surface area (Å²) in [6.07, 6.45) is 0. The van der Waals surface area contributed by atoms with Crippen molar-refractivity contribution in [3.63, 3.8) is 0 Å². The minimum Gasteiger partial charge on any atom is -0.267 e. The summed E-state index contributed by atoms with van der Waals surface area (Å²) in [5.74, 6) is -1.01. The van der Waals surface area contributed by atoms with E-state index in [0.717, 1.165) is 16.1 Å². The monoisotopic (exact) mass is 444 g/mol. The van der Waals surface area contributed by atoms with Crippen LogP contribution in [0.5, 0.6) is 0 Å². The maximum Gasteiger partial charge on any atom is 0.281 e. The fourth-order valence-corrected chi connectivity index (χ4v) is 3.72. The number of benzene rings is 4. The second kappa shape index (κ2) is 9.34. The van der Waals surface area contributed by atoms with Crippen LogP contribution in [0.25, 0.3) is 22.5 Å². The van der Waals surface area contributed by atoms with Crippen molar-refractivity contribution in [1.82, 2.24) is 15.1 Å². The zero-order valence-corrected chi connectivity index (χ0v) is 18.2. The molecule has 0 fully saturated rings. The maximum atomic E-state index is 13.7. The second-order valence-corrected chi connectivity index (χ2v) is 7.56. The molecule has 5 aromatic rings. The summed E-state index contributed by atoms with van der Waals surface area (Å²) in [7, 11) is 0. The lowest BCUT2D eigenvalue weighted by atomic mass is 10.0. The third kappa shape index (κ3) is 4.00. The van der Waals surface area contributed by atoms with E-state index in [4.69, 9.17) is 0 Å². The van der Waals surface area contributed by atoms with Crippen LogP contribution in [0, 0.1) is 0 Å². The van der Waals surface area contributed by atoms with E-state index in [9.17, 15) is 9.59 Å². The van der Waals surface area contributed by atoms with E-state index in [-0.39, 0.29) is 0 Å². The highest BCUT2D eigenvalue weighted by molar-refractivity contribution is 6.21. The van der Waals surface area contributed by atoms with Gasteiger partial charge in [0.05, 0.1) is 0 Å². The Kier molecular flexibility index (Phi) is 5.78. The zero-order valence-electron chi connectivity index (χ0n) is 18.2. The minimum atomic E-state index is -0.504. The summed E-state index contributed by atoms with van der Waals surface area (Å²) < 4.78 is 0. The first-order valence-corrected chi connectivity index (χ1v) is 10.8. The van der Waals surface area contributed by atoms with E-state index in [1.165, 1.54) is 4.79 Å². The smallest absolute Gasteiger partial charge is 0.267 e. The Morgan fingerprint density at radius 3 is 1.44 bits per heavy atom. The van der Waals surface area contributed by atoms with Gasteiger partial charge in [0.15, 0.2) is 0 Å². The summed E-state index contributed by atoms with van der Waals surface area (Å²) in [5.41, 5.74) is 3.44. The Bertz CT molecular complexity index is 1370. The van der Waals surface area contributed by atoms with Gasteiger partial charge in [0.2, 0.25) is 0 Å². The summed E-state index contributed by atoms with van der Waals surface area (Å²) >= 11 is 0. The van der Waals surface area contributed by atoms with Crippen LogP contribution in [-0.2, 0) is 0 Å². The highest BCUT2D eigenvalue weighted by Crippen LogP contribution is 2.31. The molecule has 6 nitrogen and oxygen atoms in total. The van der Waals surface area contributed by atoms with Crippen LogP contribution >= 0.6 is 0 Å². The van der Waals surface area contributed by atoms with Crippen LogP contribution in [-0.4, -0.2) is 26.9 Å². The van der Waals surface area contributed by atoms with Crippen LogP contribution < -0.4 is 5.01 Å². The zero-order chi connectivity index (χ0) is 23.3. The van der Waals surface area contributed by atoms with E-state index < -0.39 is 11.8 Å². The molecule has 4 aromatic carbocycles. The van der Waals surface area contributed by atoms with Crippen LogP contribution in [0.15, 0.2) is 121 Å². The molecule has 0 aliphatic heterocycles. The number of hydrogen-bond donors (Lipinski definition) is 0. The first kappa shape index (κ1) is 21.0. The van der Waals surface area contributed by atoms with Crippen molar-refractivity contribution in [2.45, 2.75) is 0 Å². The molecule has 6 heteroatoms. The standard InChI is InChI=1S/C28H20N4O2/c33-27(23-17-9-3-10-18-23)31(28(34)24-19-11-4-12-20-24)32-26(22-15-7-2-8-16-22)25(29-30-32)21-13-5-1-6-14-21/h1-20H. The lowest BCUT2D eigenvalue weighted by molar-refractivity contribution is 0.0849. The quantitative estimate of drug-likeness (QED) is 0.348. The molecule has 5 rings (SSSR count). The fourth-order valence-electron chi connectivity index (χ4n) is 3.72. The molecule has 0 aliphatic rings. The van der Waals surface area contributed by atoms with Gasteiger partial charge in [-0.2, -0.15) is 5.01 Å². The molecule has 1 heterocycles. The van der Waals surface area contributed by atoms with Crippen molar-refractivity contribution in [3.8, 4) is 22.5 Å². The molecule has 0 radical (unpaired) electrons. The molecule has 0 bridgehead atoms. The molecular formula is C28H20N4O2. The van der Waals surface area contributed by atoms with E-state index in [2.05, 4.69) is 10.3 Å². The lowest BCUT2D eigenvalue weighted by Crippen LogP contribution is -2.46. The third-order valence-corrected chi connectivity index (χ3v) is 5.36. The third-order valence-electron chi connectivity index (χ3n) is 5.36. The minimum absolute atomic E-state index is 0.363. The summed E-state index contributed by atoms with van der Waals surface area (Å²) in [4.78, 5) is 28.7. The second-order valence-electron chi connectivity index (χ2n) is 7.56. The molecule has 164 valence electrons. The normalized spacial score (nSPS) is 10.6. The van der Waals surface area contributed by atoms with E-state index in [0.29, 0.717) is 22.5 Å². The van der Waals surface area contributed by atoms with Gasteiger partial charge in [-0.15, -0.1) is 9.89 Å². The number of hydrogen-bond acceptors (Lipinski definition) is 4. The van der Waals surface area contributed by atoms with Gasteiger partial charge in [0.1, 0.15) is 11.4 Å². The van der Waals surface area contributed by atoms with Crippen LogP contribution in [0.2, 0.25) is 0 Å². The summed E-state index contributed by atoms with van der Waals surface area (Å²) in [6.45, 7) is 0. The average Bonchev–Trinajstić information content (AvgIpc) is 3.35. The Balaban J connectivity index is 1.74. The molecule has 0 spiro atoms. The number of nitrogens with zero attached hydrogens (tertiary/aromatic N) is 4. The Morgan fingerprint density at radius 1 is 0.559 bits per heavy atom. The maximum absolute atomic E-state index is 13.7. The molecule has 0 saturated heterocycles. The lowest BCUT2D eigenvalue weighted by Gasteiger charge is -2.22. The molecule has 0 N–H and O–H groups in total. The summed E-state index contributed by atoms with van der Waals surface area (Å²) in [5, 5.41) is 9.76. The predicted octanol–water partition coefficient (Wildman–Crippen LogP) is 5.23. The van der Waals surface area contributed by atoms with E-state index in [1.54, 1.807) is 48.5 Å². The number of carbonyl (C=O) groups excluding carboxylic acids is 2. The van der Waals surface area contributed by atoms with Gasteiger partial charge in [-0.05, 0) is 29.5 Å². The van der Waals surface area contributed by atoms with Crippen LogP contribution in [0.3, 0.4) is 0 Å². The van der Waals surface area contributed by atoms with Gasteiger partial charge in [-0.1, -0.05) is 97.1 Å². The Hall–Kier alpha value is -4.84. The van der Waals surface area contributed by atoms with Gasteiger partial charge < -0.3 is 0 Å². The number of imide groups is 1. The van der Waals surface area contributed by atoms with Crippen molar-refractivity contribution in [3.05, 3.63) is 132 Å². The number of amides is 2. The first-order valence-electron chi connectivity index (χ1n) is 10.8. The molecule has 0 saturated carbocycles. The van der Waals surface area contributed by atoms with Crippen LogP contribution in [0.4, 0.5) is 0 Å². The number of rotatable bonds is 5. The van der Waals surface area contributed by atoms with Crippen molar-refractivity contribution < 1.29 is 9.59 Å². The topological polar surface area (TPSA) is 68.1 Å². The molecule has 0 aliphatic carbocycles. The molecule has 0 unspecified atom stereocenters. The van der Waals surface area contributed by atoms with E-state index in [1.807, 2.05) is 72.8 Å². The highest BCUT2D eigenvalue weighted by atomic mass is 16.2. The van der Waals surface area contributed by atoms with Crippen molar-refractivity contribution in [2.24, 2.45) is 0 Å². The van der Waals surface area contributed by atoms with Gasteiger partial charge in [0.25, 0.3) is 11.8 Å². The summed E-state index contributed by atoms with van der Waals surface area (Å²) in [6, 6.07) is 36.4. The van der Waals surface area contributed by atoms with Gasteiger partial charge in [0, 0.05) is 22.3 Å². The molecule has 0 atom stereocenters. The van der Waals surface area contributed by atoms with E-state index >= 15 is 0 Å². The number of aromatic nitrogens is 3. The largest absolute Gasteiger partial charge is 0.281 e. The van der Waals surface area contributed by atoms with Gasteiger partial charge in [-0.3, -0.25) is 9.59 Å².